The van der Waals surface area contributed by atoms with E-state index in [9.17, 15) is 9.59 Å². The lowest BCUT2D eigenvalue weighted by Gasteiger charge is -2.08. The lowest BCUT2D eigenvalue weighted by molar-refractivity contribution is -0.147. The molecule has 0 saturated heterocycles. The minimum Gasteiger partial charge on any atom is -0.481 e. The molecule has 2 aromatic heterocycles. The minimum atomic E-state index is -0.687. The maximum atomic E-state index is 12.1. The molecular formula is C20H18N4O6. The van der Waals surface area contributed by atoms with Crippen molar-refractivity contribution in [3.05, 3.63) is 47.0 Å². The van der Waals surface area contributed by atoms with Crippen LogP contribution in [0.15, 0.2) is 28.7 Å². The minimum absolute atomic E-state index is 0.00477. The number of rotatable bonds is 7. The molecule has 0 aliphatic heterocycles. The van der Waals surface area contributed by atoms with Gasteiger partial charge in [-0.25, -0.2) is 14.6 Å². The van der Waals surface area contributed by atoms with Crippen molar-refractivity contribution >= 4 is 28.9 Å². The van der Waals surface area contributed by atoms with Crippen molar-refractivity contribution in [1.82, 2.24) is 9.97 Å². The Hall–Kier alpha value is -4.13. The second-order valence-electron chi connectivity index (χ2n) is 6.02. The van der Waals surface area contributed by atoms with E-state index < -0.39 is 18.5 Å². The Balaban J connectivity index is 1.68. The van der Waals surface area contributed by atoms with Gasteiger partial charge in [0.25, 0.3) is 0 Å². The number of hydrogen-bond acceptors (Lipinski definition) is 10. The van der Waals surface area contributed by atoms with Crippen molar-refractivity contribution in [2.45, 2.75) is 20.5 Å². The summed E-state index contributed by atoms with van der Waals surface area (Å²) in [5.74, 6) is -0.606. The van der Waals surface area contributed by atoms with E-state index in [-0.39, 0.29) is 47.3 Å². The van der Waals surface area contributed by atoms with Crippen LogP contribution in [0.25, 0.3) is 11.1 Å². The quantitative estimate of drug-likeness (QED) is 0.574. The van der Waals surface area contributed by atoms with Crippen LogP contribution in [0.5, 0.6) is 5.75 Å². The van der Waals surface area contributed by atoms with E-state index in [1.165, 1.54) is 0 Å². The number of hydrogen-bond donors (Lipinski definition) is 1. The SMILES string of the molecule is CCOC(=O)c1c(C)oc2nc(COC(=O)COc3ccccc3C#N)nc(N)c12. The lowest BCUT2D eigenvalue weighted by Crippen LogP contribution is -2.16. The molecule has 10 nitrogen and oxygen atoms in total. The number of esters is 2. The maximum Gasteiger partial charge on any atom is 0.344 e. The summed E-state index contributed by atoms with van der Waals surface area (Å²) in [5.41, 5.74) is 6.52. The van der Waals surface area contributed by atoms with Crippen LogP contribution >= 0.6 is 0 Å². The highest BCUT2D eigenvalue weighted by Gasteiger charge is 2.24. The van der Waals surface area contributed by atoms with E-state index in [4.69, 9.17) is 29.6 Å². The fourth-order valence-electron chi connectivity index (χ4n) is 2.71. The summed E-state index contributed by atoms with van der Waals surface area (Å²) in [6, 6.07) is 8.48. The molecule has 30 heavy (non-hydrogen) atoms. The third-order valence-electron chi connectivity index (χ3n) is 4.00. The molecule has 0 bridgehead atoms. The van der Waals surface area contributed by atoms with Crippen LogP contribution in [0.4, 0.5) is 5.82 Å². The van der Waals surface area contributed by atoms with Gasteiger partial charge in [-0.1, -0.05) is 12.1 Å². The predicted molar refractivity (Wildman–Crippen MR) is 103 cm³/mol. The van der Waals surface area contributed by atoms with Gasteiger partial charge in [-0.15, -0.1) is 0 Å². The Bertz CT molecular complexity index is 1150. The molecule has 0 unspecified atom stereocenters. The van der Waals surface area contributed by atoms with Gasteiger partial charge in [-0.05, 0) is 26.0 Å². The first kappa shape index (κ1) is 20.6. The van der Waals surface area contributed by atoms with Gasteiger partial charge in [0.05, 0.1) is 17.6 Å². The van der Waals surface area contributed by atoms with Gasteiger partial charge < -0.3 is 24.4 Å². The van der Waals surface area contributed by atoms with Gasteiger partial charge in [0, 0.05) is 0 Å². The second kappa shape index (κ2) is 8.91. The van der Waals surface area contributed by atoms with Crippen LogP contribution in [-0.4, -0.2) is 35.1 Å². The highest BCUT2D eigenvalue weighted by molar-refractivity contribution is 6.07. The van der Waals surface area contributed by atoms with Gasteiger partial charge in [0.15, 0.2) is 19.0 Å². The Morgan fingerprint density at radius 3 is 2.73 bits per heavy atom. The fourth-order valence-corrected chi connectivity index (χ4v) is 2.71. The molecule has 0 saturated carbocycles. The molecule has 1 aromatic carbocycles. The number of nitrogen functional groups attached to an aromatic ring is 1. The van der Waals surface area contributed by atoms with Crippen molar-refractivity contribution < 1.29 is 28.2 Å². The van der Waals surface area contributed by atoms with Crippen LogP contribution in [0.3, 0.4) is 0 Å². The first-order valence-electron chi connectivity index (χ1n) is 8.94. The van der Waals surface area contributed by atoms with Gasteiger partial charge in [-0.3, -0.25) is 0 Å². The normalized spacial score (nSPS) is 10.4. The smallest absolute Gasteiger partial charge is 0.344 e. The third-order valence-corrected chi connectivity index (χ3v) is 4.00. The number of fused-ring (bicyclic) bond motifs is 1. The summed E-state index contributed by atoms with van der Waals surface area (Å²) < 4.78 is 20.9. The number of ether oxygens (including phenoxy) is 3. The summed E-state index contributed by atoms with van der Waals surface area (Å²) in [4.78, 5) is 32.3. The number of aryl methyl sites for hydroxylation is 1. The summed E-state index contributed by atoms with van der Waals surface area (Å²) in [7, 11) is 0. The Morgan fingerprint density at radius 2 is 2.00 bits per heavy atom. The highest BCUT2D eigenvalue weighted by atomic mass is 16.6. The van der Waals surface area contributed by atoms with Crippen molar-refractivity contribution in [3.63, 3.8) is 0 Å². The number of benzene rings is 1. The van der Waals surface area contributed by atoms with E-state index >= 15 is 0 Å². The molecule has 0 aliphatic rings. The van der Waals surface area contributed by atoms with Gasteiger partial charge in [0.1, 0.15) is 29.0 Å². The summed E-state index contributed by atoms with van der Waals surface area (Å²) in [6.45, 7) is 2.79. The molecule has 3 rings (SSSR count). The zero-order valence-electron chi connectivity index (χ0n) is 16.3. The third kappa shape index (κ3) is 4.30. The molecule has 0 aliphatic carbocycles. The van der Waals surface area contributed by atoms with Gasteiger partial charge in [-0.2, -0.15) is 10.2 Å². The molecule has 0 atom stereocenters. The molecule has 0 amide bonds. The summed E-state index contributed by atoms with van der Waals surface area (Å²) >= 11 is 0. The van der Waals surface area contributed by atoms with Gasteiger partial charge in [0.2, 0.25) is 5.71 Å². The summed E-state index contributed by atoms with van der Waals surface area (Å²) in [6.07, 6.45) is 0. The van der Waals surface area contributed by atoms with Gasteiger partial charge >= 0.3 is 11.9 Å². The van der Waals surface area contributed by atoms with Crippen LogP contribution in [-0.2, 0) is 20.9 Å². The molecule has 154 valence electrons. The number of nitrogens with zero attached hydrogens (tertiary/aromatic N) is 3. The molecular weight excluding hydrogens is 392 g/mol. The zero-order chi connectivity index (χ0) is 21.7. The first-order chi connectivity index (χ1) is 14.4. The molecule has 2 heterocycles. The number of nitriles is 1. The molecule has 0 spiro atoms. The maximum absolute atomic E-state index is 12.1. The van der Waals surface area contributed by atoms with Crippen molar-refractivity contribution in [2.24, 2.45) is 0 Å². The number of para-hydroxylation sites is 1. The van der Waals surface area contributed by atoms with E-state index in [1.54, 1.807) is 38.1 Å². The molecule has 3 aromatic rings. The fraction of sp³-hybridized carbons (Fsp3) is 0.250. The zero-order valence-corrected chi connectivity index (χ0v) is 16.3. The van der Waals surface area contributed by atoms with Crippen LogP contribution < -0.4 is 10.5 Å². The van der Waals surface area contributed by atoms with Crippen LogP contribution in [0.1, 0.15) is 34.4 Å². The Kier molecular flexibility index (Phi) is 6.12. The van der Waals surface area contributed by atoms with E-state index in [2.05, 4.69) is 9.97 Å². The second-order valence-corrected chi connectivity index (χ2v) is 6.02. The number of carbonyl (C=O) groups excluding carboxylic acids is 2. The van der Waals surface area contributed by atoms with Crippen LogP contribution in [0.2, 0.25) is 0 Å². The number of anilines is 1. The standard InChI is InChI=1S/C20H18N4O6/c1-3-27-20(26)16-11(2)30-19-17(16)18(22)23-14(24-19)9-29-15(25)10-28-13-7-5-4-6-12(13)8-21/h4-7H,3,9-10H2,1-2H3,(H2,22,23,24). The van der Waals surface area contributed by atoms with Crippen molar-refractivity contribution in [2.75, 3.05) is 18.9 Å². The molecule has 2 N–H and O–H groups in total. The highest BCUT2D eigenvalue weighted by Crippen LogP contribution is 2.29. The number of aromatic nitrogens is 2. The predicted octanol–water partition coefficient (Wildman–Crippen LogP) is 2.28. The molecule has 0 fully saturated rings. The topological polar surface area (TPSA) is 151 Å². The largest absolute Gasteiger partial charge is 0.481 e. The summed E-state index contributed by atoms with van der Waals surface area (Å²) in [5, 5.41) is 9.27. The Morgan fingerprint density at radius 1 is 1.23 bits per heavy atom. The number of furan rings is 1. The van der Waals surface area contributed by atoms with E-state index in [0.29, 0.717) is 11.3 Å². The van der Waals surface area contributed by atoms with Crippen molar-refractivity contribution in [3.8, 4) is 11.8 Å². The number of nitrogens with two attached hydrogens (primary N) is 1. The lowest BCUT2D eigenvalue weighted by atomic mass is 10.2. The molecule has 10 heteroatoms. The number of carbonyl (C=O) groups is 2. The first-order valence-corrected chi connectivity index (χ1v) is 8.94. The van der Waals surface area contributed by atoms with Crippen molar-refractivity contribution in [1.29, 1.82) is 5.26 Å². The molecule has 0 radical (unpaired) electrons. The average molecular weight is 410 g/mol. The van der Waals surface area contributed by atoms with E-state index in [0.717, 1.165) is 0 Å². The van der Waals surface area contributed by atoms with E-state index in [1.807, 2.05) is 6.07 Å². The van der Waals surface area contributed by atoms with Crippen LogP contribution in [0, 0.1) is 18.3 Å². The monoisotopic (exact) mass is 410 g/mol. The Labute approximate surface area is 171 Å². The average Bonchev–Trinajstić information content (AvgIpc) is 3.07.